The van der Waals surface area contributed by atoms with Crippen LogP contribution in [0.5, 0.6) is 17.2 Å². The van der Waals surface area contributed by atoms with Gasteiger partial charge in [0.05, 0.1) is 29.5 Å². The lowest BCUT2D eigenvalue weighted by molar-refractivity contribution is -0.171. The number of carbonyl (C=O) groups excluding carboxylic acids is 1. The highest BCUT2D eigenvalue weighted by Gasteiger charge is 2.59. The van der Waals surface area contributed by atoms with E-state index in [-0.39, 0.29) is 82.0 Å². The zero-order chi connectivity index (χ0) is 55.6. The van der Waals surface area contributed by atoms with Gasteiger partial charge in [-0.1, -0.05) is 43.3 Å². The van der Waals surface area contributed by atoms with E-state index in [0.29, 0.717) is 62.0 Å². The fourth-order valence-corrected chi connectivity index (χ4v) is 17.2. The lowest BCUT2D eigenvalue weighted by atomic mass is 9.61. The molecule has 12 atom stereocenters. The number of aliphatic hydroxyl groups excluding tert-OH is 2. The van der Waals surface area contributed by atoms with Crippen LogP contribution in [0.4, 0.5) is 0 Å². The van der Waals surface area contributed by atoms with Crippen LogP contribution >= 0.6 is 0 Å². The van der Waals surface area contributed by atoms with Gasteiger partial charge < -0.3 is 60.9 Å². The summed E-state index contributed by atoms with van der Waals surface area (Å²) in [6.45, 7) is 5.90. The number of fused-ring (bicyclic) bond motifs is 12. The van der Waals surface area contributed by atoms with Crippen molar-refractivity contribution in [1.29, 1.82) is 0 Å². The quantitative estimate of drug-likeness (QED) is 0.0598. The summed E-state index contributed by atoms with van der Waals surface area (Å²) in [5.74, 6) is -2.80. The van der Waals surface area contributed by atoms with Crippen molar-refractivity contribution in [3.05, 3.63) is 156 Å². The molecule has 5 heterocycles. The number of dihydropyridines is 2. The second kappa shape index (κ2) is 20.0. The van der Waals surface area contributed by atoms with Crippen LogP contribution in [0.2, 0.25) is 0 Å². The monoisotopic (exact) mass is 1090 g/mol. The van der Waals surface area contributed by atoms with Gasteiger partial charge in [0.2, 0.25) is 0 Å². The van der Waals surface area contributed by atoms with Crippen molar-refractivity contribution in [3.8, 4) is 17.2 Å². The third-order valence-corrected chi connectivity index (χ3v) is 20.9. The summed E-state index contributed by atoms with van der Waals surface area (Å²) in [5.41, 5.74) is 12.5. The average molecular weight is 1090 g/mol. The fourth-order valence-electron chi connectivity index (χ4n) is 17.2. The van der Waals surface area contributed by atoms with Crippen LogP contribution in [-0.2, 0) is 41.0 Å². The smallest absolute Gasteiger partial charge is 0.337 e. The highest BCUT2D eigenvalue weighted by molar-refractivity contribution is 5.93. The van der Waals surface area contributed by atoms with Gasteiger partial charge in [-0.3, -0.25) is 10.1 Å². The van der Waals surface area contributed by atoms with E-state index >= 15 is 4.79 Å². The van der Waals surface area contributed by atoms with Gasteiger partial charge in [-0.05, 0) is 196 Å². The SMILES string of the molecule is CC=C(C(=O)OC1Cc2c3c(c4oc(CO)cc(=O)c4c2O)C2C4=CCNC(N)=C4C(CCc4ccc(O)cc4C2CO)C2CCC4=CC(NCC)NC=C4CC2C1(C)O3)C1(O)CCC(c2cccc3c2CCC2CCCC32O)C1. The number of nitrogens with one attached hydrogen (secondary N) is 3. The van der Waals surface area contributed by atoms with Crippen LogP contribution in [0.25, 0.3) is 11.0 Å². The Morgan fingerprint density at radius 3 is 2.62 bits per heavy atom. The number of aryl methyl sites for hydroxylation is 1. The molecule has 0 spiro atoms. The Bertz CT molecular complexity index is 3450. The minimum Gasteiger partial charge on any atom is -0.508 e. The number of allylic oxidation sites excluding steroid dienone is 5. The minimum atomic E-state index is -1.55. The Morgan fingerprint density at radius 2 is 1.82 bits per heavy atom. The molecule has 422 valence electrons. The Morgan fingerprint density at radius 1 is 0.975 bits per heavy atom. The van der Waals surface area contributed by atoms with Crippen molar-refractivity contribution < 1.29 is 49.3 Å². The van der Waals surface area contributed by atoms with Crippen LogP contribution in [-0.4, -0.2) is 79.8 Å². The number of benzene rings is 3. The largest absolute Gasteiger partial charge is 0.508 e. The summed E-state index contributed by atoms with van der Waals surface area (Å²) in [4.78, 5) is 30.2. The van der Waals surface area contributed by atoms with Gasteiger partial charge in [-0.2, -0.15) is 0 Å². The standard InChI is InChI=1S/C65H76N4O11/c1-4-48(64(76)22-19-35(29-64)40-9-6-10-49-41(40)18-14-37-8-7-21-65(37,49)77)62(75)79-52-28-46-58(74)56-51(73)27-39(31-70)78-60(56)57-54-44-20-23-68-61(66)55(44)43(17-12-33-11-15-38(72)26-45(33)47(54)32-71)42-16-13-34-25-53(67-5-2)69-30-36(34)24-50(42)63(52,3)80-59(46)57/h4,6,9-11,15,20,25-27,30,35,37,42-43,47,50,52-54,67-72,74,76-77H,5,7-8,12-14,16-19,21-24,28-29,31-32,66H2,1-3H3. The van der Waals surface area contributed by atoms with Crippen molar-refractivity contribution in [1.82, 2.24) is 16.0 Å². The zero-order valence-electron chi connectivity index (χ0n) is 46.1. The molecule has 3 saturated carbocycles. The molecule has 11 N–H and O–H groups in total. The molecule has 5 aliphatic carbocycles. The molecule has 80 heavy (non-hydrogen) atoms. The summed E-state index contributed by atoms with van der Waals surface area (Å²) in [5, 5.41) is 82.1. The first-order chi connectivity index (χ1) is 38.6. The number of nitrogens with two attached hydrogens (primary N) is 1. The number of carbonyl (C=O) groups is 1. The number of hydrogen-bond acceptors (Lipinski definition) is 15. The predicted molar refractivity (Wildman–Crippen MR) is 301 cm³/mol. The van der Waals surface area contributed by atoms with Gasteiger partial charge in [0.1, 0.15) is 58.1 Å². The number of rotatable bonds is 8. The predicted octanol–water partition coefficient (Wildman–Crippen LogP) is 7.78. The summed E-state index contributed by atoms with van der Waals surface area (Å²) in [6.07, 6.45) is 15.7. The number of aromatic hydroxyl groups is 2. The molecule has 0 amide bonds. The van der Waals surface area contributed by atoms with E-state index in [1.54, 1.807) is 25.1 Å². The van der Waals surface area contributed by atoms with Gasteiger partial charge in [0, 0.05) is 54.1 Å². The number of phenols is 2. The molecule has 0 radical (unpaired) electrons. The molecule has 4 aliphatic heterocycles. The molecule has 1 aromatic heterocycles. The summed E-state index contributed by atoms with van der Waals surface area (Å²) in [6, 6.07) is 12.7. The van der Waals surface area contributed by atoms with Crippen molar-refractivity contribution in [3.63, 3.8) is 0 Å². The van der Waals surface area contributed by atoms with E-state index in [1.807, 2.05) is 19.1 Å². The van der Waals surface area contributed by atoms with Gasteiger partial charge in [0.15, 0.2) is 5.43 Å². The normalized spacial score (nSPS) is 33.2. The van der Waals surface area contributed by atoms with Gasteiger partial charge in [0.25, 0.3) is 0 Å². The molecule has 15 heteroatoms. The molecular weight excluding hydrogens is 1010 g/mol. The lowest BCUT2D eigenvalue weighted by Gasteiger charge is -2.52. The average Bonchev–Trinajstić information content (AvgIpc) is 4.15. The van der Waals surface area contributed by atoms with E-state index < -0.39 is 71.0 Å². The first-order valence-corrected chi connectivity index (χ1v) is 29.5. The lowest BCUT2D eigenvalue weighted by Crippen LogP contribution is -2.59. The van der Waals surface area contributed by atoms with Crippen LogP contribution in [0.1, 0.15) is 154 Å². The van der Waals surface area contributed by atoms with Crippen molar-refractivity contribution >= 4 is 16.9 Å². The fraction of sp³-hybridized carbons (Fsp3) is 0.508. The van der Waals surface area contributed by atoms with E-state index in [2.05, 4.69) is 53.4 Å². The van der Waals surface area contributed by atoms with Crippen LogP contribution < -0.4 is 31.8 Å². The third kappa shape index (κ3) is 8.21. The Hall–Kier alpha value is -6.36. The number of ether oxygens (including phenoxy) is 2. The molecule has 4 aromatic rings. The van der Waals surface area contributed by atoms with E-state index in [9.17, 15) is 35.4 Å². The van der Waals surface area contributed by atoms with Crippen LogP contribution in [0.15, 0.2) is 110 Å². The van der Waals surface area contributed by atoms with E-state index in [0.717, 1.165) is 84.5 Å². The molecule has 0 saturated heterocycles. The summed E-state index contributed by atoms with van der Waals surface area (Å²) >= 11 is 0. The summed E-state index contributed by atoms with van der Waals surface area (Å²) in [7, 11) is 0. The maximum Gasteiger partial charge on any atom is 0.337 e. The minimum absolute atomic E-state index is 0.0168. The number of phenolic OH excluding ortho intramolecular Hbond substituents is 2. The molecule has 3 fully saturated rings. The Labute approximate surface area is 466 Å². The third-order valence-electron chi connectivity index (χ3n) is 20.9. The molecule has 9 aliphatic rings. The maximum absolute atomic E-state index is 15.6. The van der Waals surface area contributed by atoms with Gasteiger partial charge in [-0.15, -0.1) is 0 Å². The van der Waals surface area contributed by atoms with E-state index in [4.69, 9.17) is 19.6 Å². The van der Waals surface area contributed by atoms with Crippen LogP contribution in [0.3, 0.4) is 0 Å². The molecule has 13 rings (SSSR count). The topological polar surface area (TPSA) is 249 Å². The van der Waals surface area contributed by atoms with E-state index in [1.165, 1.54) is 11.1 Å². The highest BCUT2D eigenvalue weighted by atomic mass is 16.6. The van der Waals surface area contributed by atoms with Crippen molar-refractivity contribution in [2.24, 2.45) is 29.4 Å². The van der Waals surface area contributed by atoms with Crippen molar-refractivity contribution in [2.45, 2.75) is 164 Å². The van der Waals surface area contributed by atoms with Gasteiger partial charge in [-0.25, -0.2) is 4.79 Å². The van der Waals surface area contributed by atoms with Crippen LogP contribution in [0, 0.1) is 23.7 Å². The highest BCUT2D eigenvalue weighted by Crippen LogP contribution is 2.62. The molecule has 15 nitrogen and oxygen atoms in total. The molecular formula is C65H76N4O11. The molecule has 12 unspecified atom stereocenters. The Balaban J connectivity index is 0.995. The molecule has 3 aromatic carbocycles. The van der Waals surface area contributed by atoms with Gasteiger partial charge >= 0.3 is 5.97 Å². The number of esters is 1. The first kappa shape index (κ1) is 53.0. The number of hydrogen-bond donors (Lipinski definition) is 10. The summed E-state index contributed by atoms with van der Waals surface area (Å²) < 4.78 is 21.4. The van der Waals surface area contributed by atoms with Crippen molar-refractivity contribution in [2.75, 3.05) is 19.7 Å². The first-order valence-electron chi connectivity index (χ1n) is 29.5. The zero-order valence-corrected chi connectivity index (χ0v) is 46.1. The number of likely N-dealkylation sites (N-methyl/N-ethyl adjacent to an activating group) is 1. The second-order valence-corrected chi connectivity index (χ2v) is 24.7. The number of aliphatic hydroxyl groups is 4. The second-order valence-electron chi connectivity index (χ2n) is 24.7. The molecule has 4 bridgehead atoms. The Kier molecular flexibility index (Phi) is 13.2. The maximum atomic E-state index is 15.6.